The molecule has 2 aromatic carbocycles. The van der Waals surface area contributed by atoms with Crippen LogP contribution in [0, 0.1) is 27.0 Å². The standard InChI is InChI=1S/C16H12N2O2S/c1-11-9-13(5-7-15(11)17-3)21(19,20)14-6-8-16(18-4)12(2)10-14/h5-10H,1-2H3. The van der Waals surface area contributed by atoms with Crippen LogP contribution in [-0.2, 0) is 9.84 Å². The summed E-state index contributed by atoms with van der Waals surface area (Å²) in [6, 6.07) is 8.90. The van der Waals surface area contributed by atoms with Crippen LogP contribution in [0.15, 0.2) is 46.2 Å². The predicted octanol–water partition coefficient (Wildman–Crippen LogP) is 4.24. The van der Waals surface area contributed by atoms with Gasteiger partial charge in [0.05, 0.1) is 22.9 Å². The zero-order valence-electron chi connectivity index (χ0n) is 11.6. The van der Waals surface area contributed by atoms with Crippen molar-refractivity contribution in [1.29, 1.82) is 0 Å². The number of hydrogen-bond acceptors (Lipinski definition) is 2. The molecule has 0 aromatic heterocycles. The second kappa shape index (κ2) is 5.40. The van der Waals surface area contributed by atoms with E-state index < -0.39 is 9.84 Å². The molecule has 0 spiro atoms. The van der Waals surface area contributed by atoms with E-state index >= 15 is 0 Å². The third-order valence-corrected chi connectivity index (χ3v) is 4.95. The van der Waals surface area contributed by atoms with Gasteiger partial charge in [0.2, 0.25) is 9.84 Å². The number of aryl methyl sites for hydroxylation is 2. The van der Waals surface area contributed by atoms with Gasteiger partial charge < -0.3 is 0 Å². The fraction of sp³-hybridized carbons (Fsp3) is 0.125. The molecule has 2 aromatic rings. The highest BCUT2D eigenvalue weighted by Gasteiger charge is 2.19. The fourth-order valence-corrected chi connectivity index (χ4v) is 3.41. The van der Waals surface area contributed by atoms with Gasteiger partial charge in [-0.3, -0.25) is 0 Å². The van der Waals surface area contributed by atoms with Crippen LogP contribution in [0.25, 0.3) is 9.69 Å². The largest absolute Gasteiger partial charge is 0.238 e. The maximum absolute atomic E-state index is 12.6. The molecule has 0 bridgehead atoms. The van der Waals surface area contributed by atoms with E-state index in [1.54, 1.807) is 13.8 Å². The van der Waals surface area contributed by atoms with E-state index in [2.05, 4.69) is 9.69 Å². The molecule has 0 heterocycles. The van der Waals surface area contributed by atoms with E-state index in [0.29, 0.717) is 22.5 Å². The number of rotatable bonds is 2. The first-order valence-electron chi connectivity index (χ1n) is 6.11. The van der Waals surface area contributed by atoms with E-state index in [1.807, 2.05) is 0 Å². The smallest absolute Gasteiger partial charge is 0.206 e. The van der Waals surface area contributed by atoms with Crippen molar-refractivity contribution in [2.24, 2.45) is 0 Å². The number of hydrogen-bond donors (Lipinski definition) is 0. The summed E-state index contributed by atoms with van der Waals surface area (Å²) in [4.78, 5) is 6.96. The Morgan fingerprint density at radius 3 is 1.48 bits per heavy atom. The molecular weight excluding hydrogens is 284 g/mol. The minimum absolute atomic E-state index is 0.155. The van der Waals surface area contributed by atoms with Crippen molar-refractivity contribution < 1.29 is 8.42 Å². The Bertz CT molecular complexity index is 831. The molecule has 21 heavy (non-hydrogen) atoms. The number of nitrogens with zero attached hydrogens (tertiary/aromatic N) is 2. The molecule has 0 saturated heterocycles. The van der Waals surface area contributed by atoms with Gasteiger partial charge in [-0.05, 0) is 25.0 Å². The molecule has 5 heteroatoms. The first-order valence-corrected chi connectivity index (χ1v) is 7.60. The first-order chi connectivity index (χ1) is 9.90. The molecule has 0 aliphatic carbocycles. The van der Waals surface area contributed by atoms with Crippen LogP contribution in [0.4, 0.5) is 11.4 Å². The van der Waals surface area contributed by atoms with Crippen LogP contribution in [0.3, 0.4) is 0 Å². The Balaban J connectivity index is 2.58. The average molecular weight is 296 g/mol. The molecular formula is C16H12N2O2S. The number of sulfone groups is 1. The van der Waals surface area contributed by atoms with Gasteiger partial charge in [0.1, 0.15) is 0 Å². The quantitative estimate of drug-likeness (QED) is 0.778. The van der Waals surface area contributed by atoms with Gasteiger partial charge in [0.25, 0.3) is 0 Å². The van der Waals surface area contributed by atoms with Crippen molar-refractivity contribution in [2.75, 3.05) is 0 Å². The van der Waals surface area contributed by atoms with Crippen LogP contribution < -0.4 is 0 Å². The molecule has 0 aliphatic rings. The van der Waals surface area contributed by atoms with Gasteiger partial charge in [0, 0.05) is 0 Å². The van der Waals surface area contributed by atoms with Gasteiger partial charge in [-0.25, -0.2) is 18.1 Å². The van der Waals surface area contributed by atoms with E-state index in [-0.39, 0.29) is 9.79 Å². The Morgan fingerprint density at radius 2 is 1.19 bits per heavy atom. The summed E-state index contributed by atoms with van der Waals surface area (Å²) in [6.07, 6.45) is 0. The maximum Gasteiger partial charge on any atom is 0.206 e. The molecule has 0 saturated carbocycles. The third-order valence-electron chi connectivity index (χ3n) is 3.20. The summed E-state index contributed by atoms with van der Waals surface area (Å²) in [6.45, 7) is 17.4. The first kappa shape index (κ1) is 14.8. The second-order valence-electron chi connectivity index (χ2n) is 4.62. The summed E-state index contributed by atoms with van der Waals surface area (Å²) in [5.74, 6) is 0. The van der Waals surface area contributed by atoms with Gasteiger partial charge in [0.15, 0.2) is 11.4 Å². The van der Waals surface area contributed by atoms with Crippen molar-refractivity contribution in [3.05, 3.63) is 70.4 Å². The zero-order chi connectivity index (χ0) is 15.6. The number of benzene rings is 2. The molecule has 0 N–H and O–H groups in total. The Labute approximate surface area is 124 Å². The summed E-state index contributed by atoms with van der Waals surface area (Å²) in [5.41, 5.74) is 2.13. The van der Waals surface area contributed by atoms with Gasteiger partial charge in [-0.15, -0.1) is 0 Å². The Hall–Kier alpha value is -2.63. The summed E-state index contributed by atoms with van der Waals surface area (Å²) < 4.78 is 25.2. The highest BCUT2D eigenvalue weighted by atomic mass is 32.2. The SMILES string of the molecule is [C-]#[N+]c1ccc(S(=O)(=O)c2ccc([N+]#[C-])c(C)c2)cc1C. The molecule has 0 atom stereocenters. The molecule has 0 aliphatic heterocycles. The van der Waals surface area contributed by atoms with Crippen molar-refractivity contribution in [3.8, 4) is 0 Å². The average Bonchev–Trinajstić information content (AvgIpc) is 2.47. The van der Waals surface area contributed by atoms with Gasteiger partial charge in [-0.1, -0.05) is 36.4 Å². The topological polar surface area (TPSA) is 42.9 Å². The van der Waals surface area contributed by atoms with E-state index in [9.17, 15) is 8.42 Å². The fourth-order valence-electron chi connectivity index (χ4n) is 1.98. The Morgan fingerprint density at radius 1 is 0.810 bits per heavy atom. The lowest BCUT2D eigenvalue weighted by molar-refractivity contribution is 0.596. The lowest BCUT2D eigenvalue weighted by atomic mass is 10.2. The van der Waals surface area contributed by atoms with E-state index in [0.717, 1.165) is 0 Å². The van der Waals surface area contributed by atoms with Crippen molar-refractivity contribution in [2.45, 2.75) is 23.6 Å². The van der Waals surface area contributed by atoms with Crippen molar-refractivity contribution in [1.82, 2.24) is 0 Å². The monoisotopic (exact) mass is 296 g/mol. The van der Waals surface area contributed by atoms with Crippen molar-refractivity contribution >= 4 is 21.2 Å². The maximum atomic E-state index is 12.6. The molecule has 104 valence electrons. The summed E-state index contributed by atoms with van der Waals surface area (Å²) in [5, 5.41) is 0. The summed E-state index contributed by atoms with van der Waals surface area (Å²) in [7, 11) is -3.64. The summed E-state index contributed by atoms with van der Waals surface area (Å²) >= 11 is 0. The minimum atomic E-state index is -3.64. The van der Waals surface area contributed by atoms with E-state index in [1.165, 1.54) is 36.4 Å². The molecule has 0 amide bonds. The normalized spacial score (nSPS) is 10.7. The zero-order valence-corrected chi connectivity index (χ0v) is 12.4. The molecule has 4 nitrogen and oxygen atoms in total. The molecule has 0 unspecified atom stereocenters. The van der Waals surface area contributed by atoms with Crippen LogP contribution in [0.2, 0.25) is 0 Å². The van der Waals surface area contributed by atoms with Crippen LogP contribution >= 0.6 is 0 Å². The lowest BCUT2D eigenvalue weighted by Gasteiger charge is -2.08. The van der Waals surface area contributed by atoms with Crippen LogP contribution in [0.5, 0.6) is 0 Å². The second-order valence-corrected chi connectivity index (χ2v) is 6.57. The lowest BCUT2D eigenvalue weighted by Crippen LogP contribution is -2.02. The minimum Gasteiger partial charge on any atom is -0.238 e. The highest BCUT2D eigenvalue weighted by molar-refractivity contribution is 7.91. The van der Waals surface area contributed by atoms with Gasteiger partial charge in [-0.2, -0.15) is 0 Å². The van der Waals surface area contributed by atoms with Crippen molar-refractivity contribution in [3.63, 3.8) is 0 Å². The van der Waals surface area contributed by atoms with Crippen LogP contribution in [-0.4, -0.2) is 8.42 Å². The molecule has 2 rings (SSSR count). The third kappa shape index (κ3) is 2.65. The van der Waals surface area contributed by atoms with E-state index in [4.69, 9.17) is 13.1 Å². The Kier molecular flexibility index (Phi) is 3.80. The predicted molar refractivity (Wildman–Crippen MR) is 80.3 cm³/mol. The molecule has 0 fully saturated rings. The van der Waals surface area contributed by atoms with Crippen LogP contribution in [0.1, 0.15) is 11.1 Å². The molecule has 0 radical (unpaired) electrons. The van der Waals surface area contributed by atoms with Gasteiger partial charge >= 0.3 is 0 Å². The highest BCUT2D eigenvalue weighted by Crippen LogP contribution is 2.29.